The average Bonchev–Trinajstić information content (AvgIpc) is 3.29. The summed E-state index contributed by atoms with van der Waals surface area (Å²) in [5.41, 5.74) is 1.64. The topological polar surface area (TPSA) is 91.4 Å². The lowest BCUT2D eigenvalue weighted by atomic mass is 9.92. The summed E-state index contributed by atoms with van der Waals surface area (Å²) < 4.78 is 13.3. The number of halogens is 1. The molecule has 37 heavy (non-hydrogen) atoms. The van der Waals surface area contributed by atoms with Crippen molar-refractivity contribution < 1.29 is 18.8 Å². The van der Waals surface area contributed by atoms with Crippen LogP contribution in [0.3, 0.4) is 0 Å². The van der Waals surface area contributed by atoms with Crippen LogP contribution >= 0.6 is 11.3 Å². The van der Waals surface area contributed by atoms with E-state index in [9.17, 15) is 18.8 Å². The second kappa shape index (κ2) is 12.6. The van der Waals surface area contributed by atoms with Gasteiger partial charge >= 0.3 is 0 Å². The maximum atomic E-state index is 14.1. The molecule has 4 rings (SSSR count). The van der Waals surface area contributed by atoms with E-state index in [2.05, 4.69) is 21.7 Å². The number of nitrogens with one attached hydrogen (secondary N) is 2. The monoisotopic (exact) mass is 526 g/mol. The first-order valence-electron chi connectivity index (χ1n) is 13.1. The highest BCUT2D eigenvalue weighted by atomic mass is 32.1. The lowest BCUT2D eigenvalue weighted by molar-refractivity contribution is -0.138. The molecular formula is C28H35FN4O3S. The molecule has 2 aromatic rings. The Hall–Kier alpha value is -2.91. The van der Waals surface area contributed by atoms with Crippen LogP contribution in [0.15, 0.2) is 41.3 Å². The van der Waals surface area contributed by atoms with Gasteiger partial charge in [-0.1, -0.05) is 18.9 Å². The van der Waals surface area contributed by atoms with Crippen LogP contribution in [0.25, 0.3) is 0 Å². The third kappa shape index (κ3) is 6.51. The highest BCUT2D eigenvalue weighted by molar-refractivity contribution is 7.10. The van der Waals surface area contributed by atoms with E-state index in [1.165, 1.54) is 35.6 Å². The minimum absolute atomic E-state index is 0.113. The van der Waals surface area contributed by atoms with E-state index < -0.39 is 17.9 Å². The van der Waals surface area contributed by atoms with Crippen LogP contribution in [0, 0.1) is 5.82 Å². The molecule has 3 atom stereocenters. The number of benzene rings is 1. The number of hydrogen-bond donors (Lipinski definition) is 2. The van der Waals surface area contributed by atoms with Gasteiger partial charge in [0.05, 0.1) is 12.1 Å². The van der Waals surface area contributed by atoms with E-state index in [0.717, 1.165) is 56.9 Å². The summed E-state index contributed by atoms with van der Waals surface area (Å²) >= 11 is 1.37. The predicted octanol–water partition coefficient (Wildman–Crippen LogP) is 4.55. The molecule has 198 valence electrons. The number of ketones is 1. The average molecular weight is 527 g/mol. The molecule has 1 saturated heterocycles. The molecule has 2 aliphatic rings. The molecule has 0 radical (unpaired) electrons. The fourth-order valence-corrected chi connectivity index (χ4v) is 5.87. The zero-order valence-electron chi connectivity index (χ0n) is 21.5. The van der Waals surface area contributed by atoms with Gasteiger partial charge in [0.1, 0.15) is 22.6 Å². The first kappa shape index (κ1) is 27.1. The molecular weight excluding hydrogens is 491 g/mol. The Balaban J connectivity index is 1.61. The Kier molecular flexibility index (Phi) is 9.21. The first-order chi connectivity index (χ1) is 17.9. The normalized spacial score (nSPS) is 19.9. The van der Waals surface area contributed by atoms with Gasteiger partial charge in [-0.25, -0.2) is 9.37 Å². The number of thiazole rings is 1. The Morgan fingerprint density at radius 1 is 1.11 bits per heavy atom. The minimum Gasteiger partial charge on any atom is -0.339 e. The molecule has 9 heteroatoms. The van der Waals surface area contributed by atoms with Gasteiger partial charge in [-0.05, 0) is 82.3 Å². The van der Waals surface area contributed by atoms with E-state index in [0.29, 0.717) is 22.8 Å². The second-order valence-electron chi connectivity index (χ2n) is 9.78. The van der Waals surface area contributed by atoms with Gasteiger partial charge in [0.15, 0.2) is 0 Å². The number of likely N-dealkylation sites (N-methyl/N-ethyl adjacent to an activating group) is 1. The Morgan fingerprint density at radius 3 is 2.59 bits per heavy atom. The third-order valence-corrected chi connectivity index (χ3v) is 8.18. The van der Waals surface area contributed by atoms with Crippen LogP contribution < -0.4 is 10.6 Å². The van der Waals surface area contributed by atoms with Gasteiger partial charge in [0.2, 0.25) is 17.6 Å². The largest absolute Gasteiger partial charge is 0.339 e. The molecule has 1 unspecified atom stereocenters. The highest BCUT2D eigenvalue weighted by Crippen LogP contribution is 2.34. The number of allylic oxidation sites excluding steroid dienone is 1. The number of rotatable bonds is 8. The van der Waals surface area contributed by atoms with Crippen LogP contribution in [0.1, 0.15) is 85.4 Å². The summed E-state index contributed by atoms with van der Waals surface area (Å²) in [4.78, 5) is 46.4. The summed E-state index contributed by atoms with van der Waals surface area (Å²) in [6.45, 7) is 2.35. The van der Waals surface area contributed by atoms with Crippen molar-refractivity contribution in [1.82, 2.24) is 20.5 Å². The third-order valence-electron chi connectivity index (χ3n) is 7.24. The van der Waals surface area contributed by atoms with E-state index in [-0.39, 0.29) is 23.6 Å². The van der Waals surface area contributed by atoms with E-state index in [1.807, 2.05) is 4.90 Å². The van der Waals surface area contributed by atoms with Crippen molar-refractivity contribution in [1.29, 1.82) is 0 Å². The maximum Gasteiger partial charge on any atom is 0.250 e. The van der Waals surface area contributed by atoms with Crippen LogP contribution in [0.5, 0.6) is 0 Å². The Bertz CT molecular complexity index is 1150. The van der Waals surface area contributed by atoms with Crippen LogP contribution in [-0.2, 0) is 9.59 Å². The standard InChI is InChI=1S/C28H35FN4O3S/c1-18(30-2)26(35)32-24(19-9-5-3-6-10-19)28(36)33-16-8-4-7-11-23(33)27-31-22(17-37-27)25(34)20-12-14-21(29)15-13-20/h9,12-15,17-18,23-24,30H,3-8,10-11,16H2,1-2H3,(H,32,35)/t18-,23?,24-/m0/s1. The molecule has 2 heterocycles. The SMILES string of the molecule is CN[C@@H](C)C(=O)N[C@H](C(=O)N1CCCCCC1c1nc(C(=O)c2ccc(F)cc2)cs1)C1=CCCCC1. The number of aromatic nitrogens is 1. The molecule has 0 saturated carbocycles. The molecule has 1 aliphatic heterocycles. The van der Waals surface area contributed by atoms with Gasteiger partial charge in [0.25, 0.3) is 0 Å². The van der Waals surface area contributed by atoms with E-state index in [1.54, 1.807) is 19.4 Å². The molecule has 1 aromatic carbocycles. The maximum absolute atomic E-state index is 14.1. The Labute approximate surface area is 221 Å². The number of hydrogen-bond acceptors (Lipinski definition) is 6. The zero-order valence-corrected chi connectivity index (χ0v) is 22.3. The molecule has 0 bridgehead atoms. The fourth-order valence-electron chi connectivity index (χ4n) is 4.93. The van der Waals surface area contributed by atoms with Crippen molar-refractivity contribution in [3.8, 4) is 0 Å². The Morgan fingerprint density at radius 2 is 1.89 bits per heavy atom. The highest BCUT2D eigenvalue weighted by Gasteiger charge is 2.36. The van der Waals surface area contributed by atoms with E-state index in [4.69, 9.17) is 0 Å². The second-order valence-corrected chi connectivity index (χ2v) is 10.7. The van der Waals surface area contributed by atoms with Crippen molar-refractivity contribution in [2.75, 3.05) is 13.6 Å². The van der Waals surface area contributed by atoms with E-state index >= 15 is 0 Å². The summed E-state index contributed by atoms with van der Waals surface area (Å²) in [6, 6.07) is 4.04. The smallest absolute Gasteiger partial charge is 0.250 e. The molecule has 7 nitrogen and oxygen atoms in total. The summed E-state index contributed by atoms with van der Waals surface area (Å²) in [5, 5.41) is 8.39. The number of carbonyl (C=O) groups excluding carboxylic acids is 3. The van der Waals surface area contributed by atoms with Crippen LogP contribution in [0.2, 0.25) is 0 Å². The lowest BCUT2D eigenvalue weighted by Crippen LogP contribution is -2.54. The molecule has 0 spiro atoms. The summed E-state index contributed by atoms with van der Waals surface area (Å²) in [5.74, 6) is -0.993. The van der Waals surface area contributed by atoms with Crippen molar-refractivity contribution in [3.05, 3.63) is 63.4 Å². The fraction of sp³-hybridized carbons (Fsp3) is 0.500. The first-order valence-corrected chi connectivity index (χ1v) is 14.0. The number of nitrogens with zero attached hydrogens (tertiary/aromatic N) is 2. The van der Waals surface area contributed by atoms with Crippen LogP contribution in [0.4, 0.5) is 4.39 Å². The van der Waals surface area contributed by atoms with Gasteiger partial charge < -0.3 is 15.5 Å². The number of likely N-dealkylation sites (tertiary alicyclic amines) is 1. The summed E-state index contributed by atoms with van der Waals surface area (Å²) in [6.07, 6.45) is 9.45. The predicted molar refractivity (Wildman–Crippen MR) is 142 cm³/mol. The van der Waals surface area contributed by atoms with Gasteiger partial charge in [-0.3, -0.25) is 14.4 Å². The summed E-state index contributed by atoms with van der Waals surface area (Å²) in [7, 11) is 1.72. The van der Waals surface area contributed by atoms with Crippen molar-refractivity contribution in [2.24, 2.45) is 0 Å². The van der Waals surface area contributed by atoms with Gasteiger partial charge in [-0.15, -0.1) is 11.3 Å². The minimum atomic E-state index is -0.704. The van der Waals surface area contributed by atoms with Gasteiger partial charge in [-0.2, -0.15) is 0 Å². The van der Waals surface area contributed by atoms with Crippen LogP contribution in [-0.4, -0.2) is 53.2 Å². The molecule has 1 aromatic heterocycles. The molecule has 1 aliphatic carbocycles. The molecule has 2 amide bonds. The van der Waals surface area contributed by atoms with Gasteiger partial charge in [0, 0.05) is 17.5 Å². The van der Waals surface area contributed by atoms with Crippen molar-refractivity contribution in [3.63, 3.8) is 0 Å². The quantitative estimate of drug-likeness (QED) is 0.389. The number of carbonyl (C=O) groups is 3. The molecule has 1 fully saturated rings. The van der Waals surface area contributed by atoms with Crippen molar-refractivity contribution in [2.45, 2.75) is 76.4 Å². The van der Waals surface area contributed by atoms with Crippen molar-refractivity contribution >= 4 is 28.9 Å². The number of amides is 2. The lowest BCUT2D eigenvalue weighted by Gasteiger charge is -2.34. The zero-order chi connectivity index (χ0) is 26.4. The molecule has 2 N–H and O–H groups in total.